The summed E-state index contributed by atoms with van der Waals surface area (Å²) in [6, 6.07) is 0. The molecule has 94 valence electrons. The lowest BCUT2D eigenvalue weighted by Crippen LogP contribution is -2.24. The Morgan fingerprint density at radius 1 is 1.19 bits per heavy atom. The molecule has 0 rings (SSSR count). The smallest absolute Gasteiger partial charge is 0.303 e. The van der Waals surface area contributed by atoms with Gasteiger partial charge < -0.3 is 15.5 Å². The van der Waals surface area contributed by atoms with Gasteiger partial charge in [0.25, 0.3) is 0 Å². The van der Waals surface area contributed by atoms with Gasteiger partial charge in [-0.15, -0.1) is 0 Å². The Hall–Kier alpha value is -1.10. The molecule has 5 nitrogen and oxygen atoms in total. The van der Waals surface area contributed by atoms with Gasteiger partial charge in [-0.3, -0.25) is 9.59 Å². The number of carbonyl (C=O) groups is 2. The molecule has 16 heavy (non-hydrogen) atoms. The first-order valence-corrected chi connectivity index (χ1v) is 5.69. The minimum atomic E-state index is -0.822. The molecule has 0 bridgehead atoms. The average molecular weight is 231 g/mol. The summed E-state index contributed by atoms with van der Waals surface area (Å²) in [6.07, 6.45) is 2.76. The van der Waals surface area contributed by atoms with E-state index in [1.165, 1.54) is 0 Å². The number of hydrogen-bond donors (Lipinski definition) is 3. The molecular weight excluding hydrogens is 210 g/mol. The highest BCUT2D eigenvalue weighted by molar-refractivity contribution is 5.75. The van der Waals surface area contributed by atoms with Gasteiger partial charge in [0, 0.05) is 19.4 Å². The first-order valence-electron chi connectivity index (χ1n) is 5.69. The number of amides is 1. The first-order chi connectivity index (χ1) is 7.52. The molecule has 0 aromatic carbocycles. The highest BCUT2D eigenvalue weighted by Crippen LogP contribution is 2.00. The lowest BCUT2D eigenvalue weighted by molar-refractivity contribution is -0.137. The Balaban J connectivity index is 3.28. The SMILES string of the molecule is CC(O)CCCNC(=O)CCCCC(=O)O. The summed E-state index contributed by atoms with van der Waals surface area (Å²) < 4.78 is 0. The second-order valence-electron chi connectivity index (χ2n) is 3.94. The van der Waals surface area contributed by atoms with E-state index < -0.39 is 5.97 Å². The third-order valence-corrected chi connectivity index (χ3v) is 2.17. The van der Waals surface area contributed by atoms with Crippen LogP contribution in [0.4, 0.5) is 0 Å². The van der Waals surface area contributed by atoms with Gasteiger partial charge in [0.1, 0.15) is 0 Å². The molecule has 1 amide bonds. The van der Waals surface area contributed by atoms with Crippen molar-refractivity contribution in [1.29, 1.82) is 0 Å². The second kappa shape index (κ2) is 9.15. The molecule has 0 radical (unpaired) electrons. The van der Waals surface area contributed by atoms with E-state index in [1.807, 2.05) is 0 Å². The summed E-state index contributed by atoms with van der Waals surface area (Å²) >= 11 is 0. The predicted molar refractivity (Wildman–Crippen MR) is 60.0 cm³/mol. The minimum absolute atomic E-state index is 0.0454. The van der Waals surface area contributed by atoms with E-state index in [0.717, 1.165) is 6.42 Å². The molecular formula is C11H21NO4. The molecule has 0 aromatic heterocycles. The van der Waals surface area contributed by atoms with Crippen molar-refractivity contribution in [3.05, 3.63) is 0 Å². The molecule has 0 aliphatic heterocycles. The third-order valence-electron chi connectivity index (χ3n) is 2.17. The van der Waals surface area contributed by atoms with Crippen LogP contribution in [0.25, 0.3) is 0 Å². The highest BCUT2D eigenvalue weighted by Gasteiger charge is 2.02. The number of aliphatic hydroxyl groups excluding tert-OH is 1. The summed E-state index contributed by atoms with van der Waals surface area (Å²) in [5.74, 6) is -0.867. The van der Waals surface area contributed by atoms with Crippen LogP contribution in [-0.2, 0) is 9.59 Å². The van der Waals surface area contributed by atoms with Crippen molar-refractivity contribution in [3.63, 3.8) is 0 Å². The molecule has 0 heterocycles. The second-order valence-corrected chi connectivity index (χ2v) is 3.94. The number of aliphatic carboxylic acids is 1. The van der Waals surface area contributed by atoms with E-state index in [-0.39, 0.29) is 18.4 Å². The van der Waals surface area contributed by atoms with Crippen LogP contribution >= 0.6 is 0 Å². The fourth-order valence-corrected chi connectivity index (χ4v) is 1.28. The molecule has 5 heteroatoms. The van der Waals surface area contributed by atoms with E-state index in [9.17, 15) is 9.59 Å². The molecule has 3 N–H and O–H groups in total. The van der Waals surface area contributed by atoms with Crippen LogP contribution in [0.2, 0.25) is 0 Å². The average Bonchev–Trinajstić information content (AvgIpc) is 2.19. The van der Waals surface area contributed by atoms with Crippen LogP contribution in [0.3, 0.4) is 0 Å². The van der Waals surface area contributed by atoms with Crippen molar-refractivity contribution in [1.82, 2.24) is 5.32 Å². The standard InChI is InChI=1S/C11H21NO4/c1-9(13)5-4-8-12-10(14)6-2-3-7-11(15)16/h9,13H,2-8H2,1H3,(H,12,14)(H,15,16). The minimum Gasteiger partial charge on any atom is -0.481 e. The fraction of sp³-hybridized carbons (Fsp3) is 0.818. The van der Waals surface area contributed by atoms with Gasteiger partial charge >= 0.3 is 5.97 Å². The number of carboxylic acid groups (broad SMARTS) is 1. The monoisotopic (exact) mass is 231 g/mol. The third kappa shape index (κ3) is 11.0. The quantitative estimate of drug-likeness (QED) is 0.515. The molecule has 1 atom stereocenters. The van der Waals surface area contributed by atoms with Crippen LogP contribution in [0.5, 0.6) is 0 Å². The van der Waals surface area contributed by atoms with Gasteiger partial charge in [-0.25, -0.2) is 0 Å². The van der Waals surface area contributed by atoms with E-state index in [1.54, 1.807) is 6.92 Å². The fourth-order valence-electron chi connectivity index (χ4n) is 1.28. The largest absolute Gasteiger partial charge is 0.481 e. The number of nitrogens with one attached hydrogen (secondary N) is 1. The van der Waals surface area contributed by atoms with Crippen molar-refractivity contribution in [2.45, 2.75) is 51.6 Å². The van der Waals surface area contributed by atoms with Crippen LogP contribution < -0.4 is 5.32 Å². The van der Waals surface area contributed by atoms with Gasteiger partial charge in [-0.1, -0.05) is 0 Å². The van der Waals surface area contributed by atoms with Crippen LogP contribution in [0.1, 0.15) is 45.4 Å². The number of rotatable bonds is 9. The zero-order valence-electron chi connectivity index (χ0n) is 9.74. The van der Waals surface area contributed by atoms with E-state index in [0.29, 0.717) is 32.2 Å². The Morgan fingerprint density at radius 2 is 1.81 bits per heavy atom. The predicted octanol–water partition coefficient (Wildman–Crippen LogP) is 0.909. The molecule has 0 aromatic rings. The van der Waals surface area contributed by atoms with Crippen molar-refractivity contribution < 1.29 is 19.8 Å². The van der Waals surface area contributed by atoms with Crippen LogP contribution in [0.15, 0.2) is 0 Å². The molecule has 0 fully saturated rings. The van der Waals surface area contributed by atoms with Gasteiger partial charge in [-0.2, -0.15) is 0 Å². The summed E-state index contributed by atoms with van der Waals surface area (Å²) in [5.41, 5.74) is 0. The lowest BCUT2D eigenvalue weighted by Gasteiger charge is -2.06. The van der Waals surface area contributed by atoms with E-state index in [2.05, 4.69) is 5.32 Å². The number of carbonyl (C=O) groups excluding carboxylic acids is 1. The molecule has 0 aliphatic rings. The maximum absolute atomic E-state index is 11.2. The van der Waals surface area contributed by atoms with E-state index >= 15 is 0 Å². The maximum atomic E-state index is 11.2. The van der Waals surface area contributed by atoms with Gasteiger partial charge in [0.05, 0.1) is 6.10 Å². The number of carboxylic acids is 1. The summed E-state index contributed by atoms with van der Waals surface area (Å²) in [6.45, 7) is 2.29. The van der Waals surface area contributed by atoms with Crippen LogP contribution in [-0.4, -0.2) is 34.7 Å². The summed E-state index contributed by atoms with van der Waals surface area (Å²) in [5, 5.41) is 20.1. The van der Waals surface area contributed by atoms with Crippen molar-refractivity contribution in [2.24, 2.45) is 0 Å². The van der Waals surface area contributed by atoms with Gasteiger partial charge in [-0.05, 0) is 32.6 Å². The summed E-state index contributed by atoms with van der Waals surface area (Å²) in [7, 11) is 0. The topological polar surface area (TPSA) is 86.6 Å². The Labute approximate surface area is 95.9 Å². The Kier molecular flexibility index (Phi) is 8.52. The maximum Gasteiger partial charge on any atom is 0.303 e. The van der Waals surface area contributed by atoms with Crippen molar-refractivity contribution in [2.75, 3.05) is 6.54 Å². The normalized spacial score (nSPS) is 12.1. The lowest BCUT2D eigenvalue weighted by atomic mass is 10.2. The molecule has 0 aliphatic carbocycles. The molecule has 0 saturated carbocycles. The van der Waals surface area contributed by atoms with Crippen molar-refractivity contribution >= 4 is 11.9 Å². The molecule has 0 spiro atoms. The molecule has 1 unspecified atom stereocenters. The van der Waals surface area contributed by atoms with E-state index in [4.69, 9.17) is 10.2 Å². The zero-order chi connectivity index (χ0) is 12.4. The summed E-state index contributed by atoms with van der Waals surface area (Å²) in [4.78, 5) is 21.4. The number of unbranched alkanes of at least 4 members (excludes halogenated alkanes) is 1. The van der Waals surface area contributed by atoms with Crippen LogP contribution in [0, 0.1) is 0 Å². The Bertz CT molecular complexity index is 216. The first kappa shape index (κ1) is 14.9. The number of hydrogen-bond acceptors (Lipinski definition) is 3. The van der Waals surface area contributed by atoms with Gasteiger partial charge in [0.2, 0.25) is 5.91 Å². The van der Waals surface area contributed by atoms with Gasteiger partial charge in [0.15, 0.2) is 0 Å². The number of aliphatic hydroxyl groups is 1. The Morgan fingerprint density at radius 3 is 2.38 bits per heavy atom. The van der Waals surface area contributed by atoms with Crippen molar-refractivity contribution in [3.8, 4) is 0 Å². The molecule has 0 saturated heterocycles. The highest BCUT2D eigenvalue weighted by atomic mass is 16.4. The zero-order valence-corrected chi connectivity index (χ0v) is 9.74.